The van der Waals surface area contributed by atoms with Crippen molar-refractivity contribution in [1.82, 2.24) is 9.78 Å². The fourth-order valence-corrected chi connectivity index (χ4v) is 3.55. The highest BCUT2D eigenvalue weighted by Gasteiger charge is 2.13. The van der Waals surface area contributed by atoms with Gasteiger partial charge in [-0.2, -0.15) is 5.10 Å². The molecule has 0 fully saturated rings. The number of aliphatic hydroxyl groups excluding tert-OH is 1. The van der Waals surface area contributed by atoms with Crippen LogP contribution < -0.4 is 4.74 Å². The van der Waals surface area contributed by atoms with Gasteiger partial charge in [-0.15, -0.1) is 0 Å². The summed E-state index contributed by atoms with van der Waals surface area (Å²) < 4.78 is 21.7. The molecule has 0 radical (unpaired) electrons. The average molecular weight is 431 g/mol. The molecule has 7 heteroatoms. The van der Waals surface area contributed by atoms with E-state index in [1.807, 2.05) is 24.3 Å². The monoisotopic (exact) mass is 430 g/mol. The lowest BCUT2D eigenvalue weighted by Crippen LogP contribution is -2.06. The maximum Gasteiger partial charge on any atom is 0.131 e. The first kappa shape index (κ1) is 19.7. The number of aliphatic hydroxyl groups is 1. The number of halogens is 3. The van der Waals surface area contributed by atoms with E-state index in [1.54, 1.807) is 35.0 Å². The average Bonchev–Trinajstić information content (AvgIpc) is 3.06. The molecule has 0 unspecified atom stereocenters. The number of ether oxygens (including phenoxy) is 1. The molecule has 0 amide bonds. The highest BCUT2D eigenvalue weighted by molar-refractivity contribution is 6.30. The number of aromatic nitrogens is 2. The summed E-state index contributed by atoms with van der Waals surface area (Å²) in [6, 6.07) is 17.4. The molecule has 0 atom stereocenters. The van der Waals surface area contributed by atoms with E-state index in [-0.39, 0.29) is 13.2 Å². The number of hydrogen-bond donors (Lipinski definition) is 1. The number of para-hydroxylation sites is 1. The molecule has 0 bridgehead atoms. The van der Waals surface area contributed by atoms with Crippen LogP contribution in [0, 0.1) is 5.82 Å². The molecule has 4 nitrogen and oxygen atoms in total. The van der Waals surface area contributed by atoms with Gasteiger partial charge >= 0.3 is 0 Å². The van der Waals surface area contributed by atoms with Crippen LogP contribution in [0.2, 0.25) is 10.0 Å². The Bertz CT molecular complexity index is 1180. The first-order valence-corrected chi connectivity index (χ1v) is 9.71. The van der Waals surface area contributed by atoms with Gasteiger partial charge in [-0.1, -0.05) is 47.5 Å². The van der Waals surface area contributed by atoms with Crippen LogP contribution >= 0.6 is 23.2 Å². The van der Waals surface area contributed by atoms with E-state index < -0.39 is 5.82 Å². The Hall–Kier alpha value is -2.60. The zero-order valence-electron chi connectivity index (χ0n) is 15.3. The summed E-state index contributed by atoms with van der Waals surface area (Å²) in [6.45, 7) is 0.293. The molecule has 4 rings (SSSR count). The molecule has 1 heterocycles. The van der Waals surface area contributed by atoms with Crippen molar-refractivity contribution in [2.24, 2.45) is 0 Å². The number of nitrogens with zero attached hydrogens (tertiary/aromatic N) is 2. The lowest BCUT2D eigenvalue weighted by atomic mass is 10.2. The standard InChI is InChI=1S/C22H17Cl2FN2O2/c23-16-7-8-22(29-13-14-5-6-17(24)10-19(14)25)15(9-16)11-27-21-4-2-1-3-18(21)20(12-28)26-27/h1-10,28H,11-13H2. The van der Waals surface area contributed by atoms with Gasteiger partial charge in [0.1, 0.15) is 18.2 Å². The van der Waals surface area contributed by atoms with Crippen molar-refractivity contribution in [1.29, 1.82) is 0 Å². The first-order valence-electron chi connectivity index (χ1n) is 8.95. The van der Waals surface area contributed by atoms with E-state index in [2.05, 4.69) is 5.10 Å². The minimum Gasteiger partial charge on any atom is -0.488 e. The van der Waals surface area contributed by atoms with Crippen molar-refractivity contribution in [2.45, 2.75) is 19.8 Å². The molecule has 0 spiro atoms. The van der Waals surface area contributed by atoms with E-state index >= 15 is 0 Å². The Morgan fingerprint density at radius 1 is 0.966 bits per heavy atom. The van der Waals surface area contributed by atoms with Crippen LogP contribution in [0.25, 0.3) is 10.9 Å². The minimum atomic E-state index is -0.418. The fraction of sp³-hybridized carbons (Fsp3) is 0.136. The van der Waals surface area contributed by atoms with E-state index in [4.69, 9.17) is 27.9 Å². The maximum absolute atomic E-state index is 14.1. The van der Waals surface area contributed by atoms with Crippen LogP contribution in [0.5, 0.6) is 5.75 Å². The number of benzene rings is 3. The van der Waals surface area contributed by atoms with Crippen LogP contribution in [0.1, 0.15) is 16.8 Å². The van der Waals surface area contributed by atoms with Gasteiger partial charge in [0.25, 0.3) is 0 Å². The Morgan fingerprint density at radius 3 is 2.52 bits per heavy atom. The predicted molar refractivity (Wildman–Crippen MR) is 112 cm³/mol. The van der Waals surface area contributed by atoms with Crippen molar-refractivity contribution in [3.05, 3.63) is 93.3 Å². The molecule has 29 heavy (non-hydrogen) atoms. The minimum absolute atomic E-state index is 0.0549. The topological polar surface area (TPSA) is 47.3 Å². The molecule has 0 aliphatic carbocycles. The zero-order valence-corrected chi connectivity index (χ0v) is 16.8. The molecular formula is C22H17Cl2FN2O2. The fourth-order valence-electron chi connectivity index (χ4n) is 3.20. The normalized spacial score (nSPS) is 11.2. The van der Waals surface area contributed by atoms with Crippen molar-refractivity contribution in [3.63, 3.8) is 0 Å². The molecule has 3 aromatic carbocycles. The summed E-state index contributed by atoms with van der Waals surface area (Å²) in [5, 5.41) is 15.9. The van der Waals surface area contributed by atoms with Gasteiger partial charge < -0.3 is 9.84 Å². The van der Waals surface area contributed by atoms with Crippen molar-refractivity contribution in [3.8, 4) is 5.75 Å². The van der Waals surface area contributed by atoms with Gasteiger partial charge in [-0.3, -0.25) is 4.68 Å². The number of hydrogen-bond acceptors (Lipinski definition) is 3. The van der Waals surface area contributed by atoms with Crippen LogP contribution in [-0.4, -0.2) is 14.9 Å². The summed E-state index contributed by atoms with van der Waals surface area (Å²) in [5.74, 6) is 0.160. The van der Waals surface area contributed by atoms with Gasteiger partial charge in [-0.25, -0.2) is 4.39 Å². The van der Waals surface area contributed by atoms with E-state index in [1.165, 1.54) is 6.07 Å². The Labute approximate surface area is 177 Å². The lowest BCUT2D eigenvalue weighted by molar-refractivity contribution is 0.276. The van der Waals surface area contributed by atoms with Crippen LogP contribution in [0.3, 0.4) is 0 Å². The molecular weight excluding hydrogens is 414 g/mol. The third-order valence-electron chi connectivity index (χ3n) is 4.63. The van der Waals surface area contributed by atoms with Gasteiger partial charge in [0.2, 0.25) is 0 Å². The molecule has 148 valence electrons. The Balaban J connectivity index is 1.64. The molecule has 0 aliphatic heterocycles. The number of rotatable bonds is 6. The van der Waals surface area contributed by atoms with Gasteiger partial charge in [0.15, 0.2) is 0 Å². The molecule has 1 N–H and O–H groups in total. The van der Waals surface area contributed by atoms with Gasteiger partial charge in [-0.05, 0) is 36.4 Å². The summed E-state index contributed by atoms with van der Waals surface area (Å²) in [4.78, 5) is 0. The van der Waals surface area contributed by atoms with Gasteiger partial charge in [0, 0.05) is 26.6 Å². The molecule has 0 saturated carbocycles. The summed E-state index contributed by atoms with van der Waals surface area (Å²) >= 11 is 12.0. The Morgan fingerprint density at radius 2 is 1.72 bits per heavy atom. The SMILES string of the molecule is OCc1nn(Cc2cc(Cl)ccc2OCc2ccc(Cl)cc2F)c2ccccc12. The van der Waals surface area contributed by atoms with E-state index in [9.17, 15) is 9.50 Å². The van der Waals surface area contributed by atoms with Crippen molar-refractivity contribution < 1.29 is 14.2 Å². The third-order valence-corrected chi connectivity index (χ3v) is 5.10. The second kappa shape index (κ2) is 8.41. The largest absolute Gasteiger partial charge is 0.488 e. The van der Waals surface area contributed by atoms with Gasteiger partial charge in [0.05, 0.1) is 24.4 Å². The molecule has 4 aromatic rings. The quantitative estimate of drug-likeness (QED) is 0.432. The highest BCUT2D eigenvalue weighted by Crippen LogP contribution is 2.27. The molecule has 1 aromatic heterocycles. The van der Waals surface area contributed by atoms with E-state index in [0.717, 1.165) is 16.5 Å². The second-order valence-corrected chi connectivity index (χ2v) is 7.43. The zero-order chi connectivity index (χ0) is 20.4. The van der Waals surface area contributed by atoms with E-state index in [0.29, 0.717) is 33.6 Å². The summed E-state index contributed by atoms with van der Waals surface area (Å²) in [5.41, 5.74) is 2.70. The number of fused-ring (bicyclic) bond motifs is 1. The summed E-state index contributed by atoms with van der Waals surface area (Å²) in [6.07, 6.45) is 0. The van der Waals surface area contributed by atoms with Crippen LogP contribution in [0.15, 0.2) is 60.7 Å². The predicted octanol–water partition coefficient (Wildman–Crippen LogP) is 5.60. The van der Waals surface area contributed by atoms with Crippen LogP contribution in [0.4, 0.5) is 4.39 Å². The molecule has 0 aliphatic rings. The second-order valence-electron chi connectivity index (χ2n) is 6.56. The lowest BCUT2D eigenvalue weighted by Gasteiger charge is -2.13. The maximum atomic E-state index is 14.1. The summed E-state index contributed by atoms with van der Waals surface area (Å²) in [7, 11) is 0. The molecule has 0 saturated heterocycles. The first-order chi connectivity index (χ1) is 14.0. The van der Waals surface area contributed by atoms with Crippen molar-refractivity contribution >= 4 is 34.1 Å². The Kier molecular flexibility index (Phi) is 5.72. The van der Waals surface area contributed by atoms with Crippen molar-refractivity contribution in [2.75, 3.05) is 0 Å². The smallest absolute Gasteiger partial charge is 0.131 e. The van der Waals surface area contributed by atoms with Crippen LogP contribution in [-0.2, 0) is 19.8 Å². The third kappa shape index (κ3) is 4.22. The highest BCUT2D eigenvalue weighted by atomic mass is 35.5.